The van der Waals surface area contributed by atoms with Gasteiger partial charge in [-0.3, -0.25) is 14.2 Å². The van der Waals surface area contributed by atoms with Crippen molar-refractivity contribution in [1.29, 1.82) is 0 Å². The predicted molar refractivity (Wildman–Crippen MR) is 112 cm³/mol. The molecule has 0 spiro atoms. The van der Waals surface area contributed by atoms with E-state index in [1.165, 1.54) is 33.1 Å². The fourth-order valence-electron chi connectivity index (χ4n) is 3.20. The molecule has 1 aromatic carbocycles. The van der Waals surface area contributed by atoms with Crippen LogP contribution in [0.1, 0.15) is 37.9 Å². The van der Waals surface area contributed by atoms with Crippen LogP contribution in [-0.2, 0) is 4.79 Å². The number of hydrogen-bond donors (Lipinski definition) is 1. The summed E-state index contributed by atoms with van der Waals surface area (Å²) in [7, 11) is 4.55. The first-order valence-corrected chi connectivity index (χ1v) is 10.2. The van der Waals surface area contributed by atoms with Gasteiger partial charge in [0.2, 0.25) is 11.7 Å². The second-order valence-electron chi connectivity index (χ2n) is 6.96. The topological polar surface area (TPSA) is 91.7 Å². The maximum Gasteiger partial charge on any atom is 0.254 e. The van der Waals surface area contributed by atoms with Crippen molar-refractivity contribution in [2.45, 2.75) is 37.4 Å². The molecule has 2 aromatic rings. The molecule has 1 amide bonds. The zero-order chi connectivity index (χ0) is 21.1. The molecule has 3 rings (SSSR count). The third-order valence-corrected chi connectivity index (χ3v) is 5.77. The van der Waals surface area contributed by atoms with Crippen molar-refractivity contribution in [2.24, 2.45) is 0 Å². The van der Waals surface area contributed by atoms with Gasteiger partial charge in [-0.2, -0.15) is 0 Å². The molecule has 156 valence electrons. The van der Waals surface area contributed by atoms with E-state index in [1.54, 1.807) is 22.8 Å². The van der Waals surface area contributed by atoms with Crippen LogP contribution in [-0.4, -0.2) is 42.5 Å². The smallest absolute Gasteiger partial charge is 0.254 e. The molecular formula is C20H25N3O5S. The molecule has 1 N–H and O–H groups in total. The first kappa shape index (κ1) is 21.0. The van der Waals surface area contributed by atoms with Crippen LogP contribution in [0, 0.1) is 0 Å². The number of benzene rings is 1. The number of aromatic nitrogens is 2. The van der Waals surface area contributed by atoms with Crippen LogP contribution < -0.4 is 25.1 Å². The van der Waals surface area contributed by atoms with E-state index in [2.05, 4.69) is 10.3 Å². The molecular weight excluding hydrogens is 394 g/mol. The number of nitrogens with zero attached hydrogens (tertiary/aromatic N) is 2. The lowest BCUT2D eigenvalue weighted by Gasteiger charge is -2.16. The Balaban J connectivity index is 1.78. The van der Waals surface area contributed by atoms with Crippen molar-refractivity contribution in [3.05, 3.63) is 34.2 Å². The Morgan fingerprint density at radius 1 is 1.21 bits per heavy atom. The third-order valence-electron chi connectivity index (χ3n) is 4.67. The van der Waals surface area contributed by atoms with E-state index in [9.17, 15) is 9.59 Å². The second-order valence-corrected chi connectivity index (χ2v) is 7.94. The maximum absolute atomic E-state index is 12.6. The molecule has 0 bridgehead atoms. The minimum absolute atomic E-state index is 0.116. The van der Waals surface area contributed by atoms with E-state index in [0.717, 1.165) is 5.69 Å². The quantitative estimate of drug-likeness (QED) is 0.690. The molecule has 0 radical (unpaired) electrons. The number of nitrogens with one attached hydrogen (secondary N) is 1. The maximum atomic E-state index is 12.6. The Hall–Kier alpha value is -2.68. The average Bonchev–Trinajstić information content (AvgIpc) is 3.10. The van der Waals surface area contributed by atoms with Crippen molar-refractivity contribution in [3.63, 3.8) is 0 Å². The van der Waals surface area contributed by atoms with Crippen molar-refractivity contribution in [3.8, 4) is 17.2 Å². The normalized spacial score (nSPS) is 15.2. The van der Waals surface area contributed by atoms with Crippen LogP contribution in [0.3, 0.4) is 0 Å². The Kier molecular flexibility index (Phi) is 6.36. The van der Waals surface area contributed by atoms with E-state index in [4.69, 9.17) is 14.2 Å². The highest BCUT2D eigenvalue weighted by Gasteiger charge is 2.28. The molecule has 0 saturated carbocycles. The van der Waals surface area contributed by atoms with Gasteiger partial charge < -0.3 is 19.5 Å². The van der Waals surface area contributed by atoms with Gasteiger partial charge in [-0.05, 0) is 5.92 Å². The summed E-state index contributed by atoms with van der Waals surface area (Å²) in [6, 6.07) is 4.65. The minimum atomic E-state index is -0.238. The lowest BCUT2D eigenvalue weighted by atomic mass is 10.1. The first-order valence-electron chi connectivity index (χ1n) is 9.24. The van der Waals surface area contributed by atoms with E-state index in [-0.39, 0.29) is 29.8 Å². The minimum Gasteiger partial charge on any atom is -0.493 e. The van der Waals surface area contributed by atoms with Crippen LogP contribution in [0.5, 0.6) is 17.2 Å². The highest BCUT2D eigenvalue weighted by Crippen LogP contribution is 2.40. The van der Waals surface area contributed by atoms with Crippen molar-refractivity contribution in [1.82, 2.24) is 9.55 Å². The number of hydrogen-bond acceptors (Lipinski definition) is 7. The zero-order valence-electron chi connectivity index (χ0n) is 17.1. The number of amides is 1. The summed E-state index contributed by atoms with van der Waals surface area (Å²) in [5, 5.41) is 3.52. The van der Waals surface area contributed by atoms with Crippen molar-refractivity contribution < 1.29 is 19.0 Å². The highest BCUT2D eigenvalue weighted by molar-refractivity contribution is 7.99. The summed E-state index contributed by atoms with van der Waals surface area (Å²) in [5.74, 6) is 1.95. The summed E-state index contributed by atoms with van der Waals surface area (Å²) in [4.78, 5) is 29.8. The number of anilines is 1. The molecule has 1 unspecified atom stereocenters. The fourth-order valence-corrected chi connectivity index (χ4v) is 4.35. The Bertz CT molecular complexity index is 948. The second kappa shape index (κ2) is 8.77. The molecule has 1 aliphatic rings. The third kappa shape index (κ3) is 4.34. The van der Waals surface area contributed by atoms with Crippen molar-refractivity contribution >= 4 is 23.4 Å². The van der Waals surface area contributed by atoms with Gasteiger partial charge in [-0.25, -0.2) is 4.98 Å². The van der Waals surface area contributed by atoms with Crippen LogP contribution in [0.15, 0.2) is 28.2 Å². The molecule has 0 fully saturated rings. The Morgan fingerprint density at radius 3 is 2.41 bits per heavy atom. The number of ether oxygens (including phenoxy) is 3. The molecule has 2 heterocycles. The highest BCUT2D eigenvalue weighted by atomic mass is 32.2. The summed E-state index contributed by atoms with van der Waals surface area (Å²) >= 11 is 1.50. The van der Waals surface area contributed by atoms with Gasteiger partial charge in [0, 0.05) is 36.1 Å². The first-order chi connectivity index (χ1) is 13.9. The molecule has 0 aliphatic carbocycles. The number of fused-ring (bicyclic) bond motifs is 1. The molecule has 1 aliphatic heterocycles. The lowest BCUT2D eigenvalue weighted by molar-refractivity contribution is -0.116. The van der Waals surface area contributed by atoms with Crippen LogP contribution in [0.2, 0.25) is 0 Å². The number of thioether (sulfide) groups is 1. The Labute approximate surface area is 173 Å². The SMILES string of the molecule is COc1cc(NC(=O)CC2CSc3nc(C(C)C)cc(=O)n32)cc(OC)c1OC. The average molecular weight is 420 g/mol. The summed E-state index contributed by atoms with van der Waals surface area (Å²) in [6.07, 6.45) is 0.166. The van der Waals surface area contributed by atoms with E-state index < -0.39 is 0 Å². The van der Waals surface area contributed by atoms with Gasteiger partial charge in [0.05, 0.1) is 33.1 Å². The van der Waals surface area contributed by atoms with Crippen LogP contribution in [0.25, 0.3) is 0 Å². The molecule has 8 nitrogen and oxygen atoms in total. The van der Waals surface area contributed by atoms with E-state index in [1.807, 2.05) is 13.8 Å². The molecule has 0 saturated heterocycles. The number of carbonyl (C=O) groups excluding carboxylic acids is 1. The van der Waals surface area contributed by atoms with Crippen LogP contribution >= 0.6 is 11.8 Å². The summed E-state index contributed by atoms with van der Waals surface area (Å²) in [5.41, 5.74) is 1.18. The van der Waals surface area contributed by atoms with Gasteiger partial charge in [0.1, 0.15) is 0 Å². The fraction of sp³-hybridized carbons (Fsp3) is 0.450. The van der Waals surface area contributed by atoms with E-state index in [0.29, 0.717) is 33.8 Å². The molecule has 1 atom stereocenters. The molecule has 29 heavy (non-hydrogen) atoms. The van der Waals surface area contributed by atoms with Gasteiger partial charge in [0.15, 0.2) is 16.7 Å². The summed E-state index contributed by atoms with van der Waals surface area (Å²) < 4.78 is 17.5. The number of rotatable bonds is 7. The van der Waals surface area contributed by atoms with Gasteiger partial charge in [0.25, 0.3) is 5.56 Å². The monoisotopic (exact) mass is 419 g/mol. The summed E-state index contributed by atoms with van der Waals surface area (Å²) in [6.45, 7) is 4.00. The van der Waals surface area contributed by atoms with Gasteiger partial charge in [-0.1, -0.05) is 25.6 Å². The molecule has 9 heteroatoms. The number of carbonyl (C=O) groups is 1. The van der Waals surface area contributed by atoms with Crippen molar-refractivity contribution in [2.75, 3.05) is 32.4 Å². The van der Waals surface area contributed by atoms with E-state index >= 15 is 0 Å². The number of methoxy groups -OCH3 is 3. The van der Waals surface area contributed by atoms with Crippen LogP contribution in [0.4, 0.5) is 5.69 Å². The standard InChI is InChI=1S/C20H25N3O5S/c1-11(2)14-9-18(25)23-13(10-29-20(23)22-14)8-17(24)21-12-6-15(26-3)19(28-5)16(7-12)27-4/h6-7,9,11,13H,8,10H2,1-5H3,(H,21,24). The lowest BCUT2D eigenvalue weighted by Crippen LogP contribution is -2.28. The molecule has 1 aromatic heterocycles. The van der Waals surface area contributed by atoms with Gasteiger partial charge >= 0.3 is 0 Å². The Morgan fingerprint density at radius 2 is 1.86 bits per heavy atom. The van der Waals surface area contributed by atoms with Gasteiger partial charge in [-0.15, -0.1) is 0 Å². The largest absolute Gasteiger partial charge is 0.493 e. The zero-order valence-corrected chi connectivity index (χ0v) is 18.0. The predicted octanol–water partition coefficient (Wildman–Crippen LogP) is 3.07.